The zero-order chi connectivity index (χ0) is 17.5. The number of alkyl halides is 3. The molecule has 128 valence electrons. The number of hydrogen-bond donors (Lipinski definition) is 3. The second kappa shape index (κ2) is 8.37. The van der Waals surface area contributed by atoms with E-state index in [1.165, 1.54) is 12.1 Å². The molecule has 0 aliphatic heterocycles. The molecular formula is C14H16F3NO5. The van der Waals surface area contributed by atoms with Gasteiger partial charge in [0.05, 0.1) is 0 Å². The molecule has 3 N–H and O–H groups in total. The van der Waals surface area contributed by atoms with Crippen molar-refractivity contribution in [1.82, 2.24) is 5.32 Å². The van der Waals surface area contributed by atoms with Crippen LogP contribution in [0.3, 0.4) is 0 Å². The summed E-state index contributed by atoms with van der Waals surface area (Å²) in [6.07, 6.45) is -4.90. The van der Waals surface area contributed by atoms with Crippen LogP contribution in [0, 0.1) is 0 Å². The molecule has 0 heterocycles. The minimum atomic E-state index is -4.84. The Morgan fingerprint density at radius 1 is 1.30 bits per heavy atom. The molecule has 1 aromatic carbocycles. The molecule has 0 aliphatic carbocycles. The molecule has 1 amide bonds. The number of carbonyl (C=O) groups excluding carboxylic acids is 1. The highest BCUT2D eigenvalue weighted by Crippen LogP contribution is 2.23. The SMILES string of the molecule is O=C(CCCO)NC(Cc1cccc(OC(F)(F)F)c1)C(=O)O. The molecule has 1 atom stereocenters. The molecule has 0 saturated heterocycles. The fraction of sp³-hybridized carbons (Fsp3) is 0.429. The first-order valence-electron chi connectivity index (χ1n) is 6.69. The van der Waals surface area contributed by atoms with Gasteiger partial charge in [0.25, 0.3) is 0 Å². The number of carbonyl (C=O) groups is 2. The van der Waals surface area contributed by atoms with Gasteiger partial charge in [-0.2, -0.15) is 0 Å². The quantitative estimate of drug-likeness (QED) is 0.669. The van der Waals surface area contributed by atoms with Crippen LogP contribution in [0.2, 0.25) is 0 Å². The highest BCUT2D eigenvalue weighted by Gasteiger charge is 2.31. The molecule has 1 aromatic rings. The molecule has 6 nitrogen and oxygen atoms in total. The molecule has 0 spiro atoms. The minimum Gasteiger partial charge on any atom is -0.480 e. The van der Waals surface area contributed by atoms with Gasteiger partial charge in [0.1, 0.15) is 11.8 Å². The zero-order valence-electron chi connectivity index (χ0n) is 12.0. The van der Waals surface area contributed by atoms with E-state index in [0.717, 1.165) is 12.1 Å². The maximum Gasteiger partial charge on any atom is 0.573 e. The summed E-state index contributed by atoms with van der Waals surface area (Å²) >= 11 is 0. The van der Waals surface area contributed by atoms with E-state index in [9.17, 15) is 22.8 Å². The third-order valence-corrected chi connectivity index (χ3v) is 2.77. The molecule has 1 unspecified atom stereocenters. The summed E-state index contributed by atoms with van der Waals surface area (Å²) in [5, 5.41) is 20.0. The highest BCUT2D eigenvalue weighted by atomic mass is 19.4. The van der Waals surface area contributed by atoms with Gasteiger partial charge in [-0.05, 0) is 24.1 Å². The van der Waals surface area contributed by atoms with Crippen molar-refractivity contribution >= 4 is 11.9 Å². The summed E-state index contributed by atoms with van der Waals surface area (Å²) in [4.78, 5) is 22.7. The van der Waals surface area contributed by atoms with Crippen LogP contribution in [0.25, 0.3) is 0 Å². The second-order valence-electron chi connectivity index (χ2n) is 4.68. The van der Waals surface area contributed by atoms with Crippen LogP contribution in [-0.4, -0.2) is 41.1 Å². The number of aliphatic hydroxyl groups is 1. The molecule has 23 heavy (non-hydrogen) atoms. The molecular weight excluding hydrogens is 319 g/mol. The van der Waals surface area contributed by atoms with E-state index in [0.29, 0.717) is 0 Å². The molecule has 0 saturated carbocycles. The van der Waals surface area contributed by atoms with Gasteiger partial charge < -0.3 is 20.3 Å². The summed E-state index contributed by atoms with van der Waals surface area (Å²) in [6, 6.07) is 3.58. The number of amides is 1. The first-order valence-corrected chi connectivity index (χ1v) is 6.69. The Bertz CT molecular complexity index is 547. The Kier molecular flexibility index (Phi) is 6.83. The van der Waals surface area contributed by atoms with Gasteiger partial charge in [-0.25, -0.2) is 4.79 Å². The summed E-state index contributed by atoms with van der Waals surface area (Å²) in [5.74, 6) is -2.34. The first-order chi connectivity index (χ1) is 10.7. The number of hydrogen-bond acceptors (Lipinski definition) is 4. The van der Waals surface area contributed by atoms with Crippen LogP contribution in [0.4, 0.5) is 13.2 Å². The Morgan fingerprint density at radius 2 is 2.00 bits per heavy atom. The normalized spacial score (nSPS) is 12.5. The third-order valence-electron chi connectivity index (χ3n) is 2.77. The van der Waals surface area contributed by atoms with Crippen molar-refractivity contribution in [3.05, 3.63) is 29.8 Å². The maximum absolute atomic E-state index is 12.2. The molecule has 0 radical (unpaired) electrons. The summed E-state index contributed by atoms with van der Waals surface area (Å²) in [6.45, 7) is -0.206. The molecule has 1 rings (SSSR count). The number of halogens is 3. The van der Waals surface area contributed by atoms with Crippen molar-refractivity contribution < 1.29 is 37.7 Å². The van der Waals surface area contributed by atoms with Crippen molar-refractivity contribution in [3.8, 4) is 5.75 Å². The van der Waals surface area contributed by atoms with Gasteiger partial charge in [-0.3, -0.25) is 4.79 Å². The average molecular weight is 335 g/mol. The van der Waals surface area contributed by atoms with E-state index in [-0.39, 0.29) is 31.4 Å². The lowest BCUT2D eigenvalue weighted by Crippen LogP contribution is -2.42. The molecule has 0 fully saturated rings. The fourth-order valence-electron chi connectivity index (χ4n) is 1.81. The van der Waals surface area contributed by atoms with Crippen LogP contribution in [0.5, 0.6) is 5.75 Å². The van der Waals surface area contributed by atoms with Gasteiger partial charge in [0.2, 0.25) is 5.91 Å². The van der Waals surface area contributed by atoms with E-state index < -0.39 is 30.0 Å². The maximum atomic E-state index is 12.2. The fourth-order valence-corrected chi connectivity index (χ4v) is 1.81. The predicted octanol–water partition coefficient (Wildman–Crippen LogP) is 1.47. The molecule has 0 bridgehead atoms. The summed E-state index contributed by atoms with van der Waals surface area (Å²) in [5.41, 5.74) is 0.265. The number of aliphatic carboxylic acids is 1. The Morgan fingerprint density at radius 3 is 2.57 bits per heavy atom. The molecule has 0 aromatic heterocycles. The third kappa shape index (κ3) is 7.50. The first kappa shape index (κ1) is 18.8. The van der Waals surface area contributed by atoms with Gasteiger partial charge in [0.15, 0.2) is 0 Å². The largest absolute Gasteiger partial charge is 0.573 e. The monoisotopic (exact) mass is 335 g/mol. The van der Waals surface area contributed by atoms with Crippen LogP contribution in [-0.2, 0) is 16.0 Å². The standard InChI is InChI=1S/C14H16F3NO5/c15-14(16,17)23-10-4-1-3-9(7-10)8-11(13(21)22)18-12(20)5-2-6-19/h1,3-4,7,11,19H,2,5-6,8H2,(H,18,20)(H,21,22). The number of carboxylic acids is 1. The smallest absolute Gasteiger partial charge is 0.480 e. The number of nitrogens with one attached hydrogen (secondary N) is 1. The lowest BCUT2D eigenvalue weighted by Gasteiger charge is -2.15. The van der Waals surface area contributed by atoms with E-state index >= 15 is 0 Å². The Hall–Kier alpha value is -2.29. The molecule has 9 heteroatoms. The van der Waals surface area contributed by atoms with Gasteiger partial charge in [0, 0.05) is 19.4 Å². The topological polar surface area (TPSA) is 95.9 Å². The number of rotatable bonds is 8. The minimum absolute atomic E-state index is 0.0441. The van der Waals surface area contributed by atoms with Crippen molar-refractivity contribution in [2.75, 3.05) is 6.61 Å². The van der Waals surface area contributed by atoms with Crippen molar-refractivity contribution in [2.45, 2.75) is 31.7 Å². The van der Waals surface area contributed by atoms with E-state index in [4.69, 9.17) is 10.2 Å². The summed E-state index contributed by atoms with van der Waals surface area (Å²) in [7, 11) is 0. The van der Waals surface area contributed by atoms with E-state index in [1.54, 1.807) is 0 Å². The molecule has 0 aliphatic rings. The number of carboxylic acid groups (broad SMARTS) is 1. The average Bonchev–Trinajstić information content (AvgIpc) is 2.42. The van der Waals surface area contributed by atoms with Crippen LogP contribution in [0.15, 0.2) is 24.3 Å². The lowest BCUT2D eigenvalue weighted by molar-refractivity contribution is -0.274. The van der Waals surface area contributed by atoms with E-state index in [2.05, 4.69) is 10.1 Å². The second-order valence-corrected chi connectivity index (χ2v) is 4.68. The van der Waals surface area contributed by atoms with Gasteiger partial charge in [-0.15, -0.1) is 13.2 Å². The van der Waals surface area contributed by atoms with Crippen LogP contribution in [0.1, 0.15) is 18.4 Å². The highest BCUT2D eigenvalue weighted by molar-refractivity contribution is 5.83. The van der Waals surface area contributed by atoms with Gasteiger partial charge in [-0.1, -0.05) is 12.1 Å². The Labute approximate surface area is 129 Å². The van der Waals surface area contributed by atoms with Gasteiger partial charge >= 0.3 is 12.3 Å². The number of benzene rings is 1. The van der Waals surface area contributed by atoms with E-state index in [1.807, 2.05) is 0 Å². The van der Waals surface area contributed by atoms with Crippen LogP contribution >= 0.6 is 0 Å². The summed E-state index contributed by atoms with van der Waals surface area (Å²) < 4.78 is 40.2. The number of ether oxygens (including phenoxy) is 1. The Balaban J connectivity index is 2.75. The van der Waals surface area contributed by atoms with Crippen molar-refractivity contribution in [2.24, 2.45) is 0 Å². The predicted molar refractivity (Wildman–Crippen MR) is 72.7 cm³/mol. The number of aliphatic hydroxyl groups excluding tert-OH is 1. The lowest BCUT2D eigenvalue weighted by atomic mass is 10.1. The van der Waals surface area contributed by atoms with Crippen molar-refractivity contribution in [3.63, 3.8) is 0 Å². The van der Waals surface area contributed by atoms with Crippen LogP contribution < -0.4 is 10.1 Å². The van der Waals surface area contributed by atoms with Crippen molar-refractivity contribution in [1.29, 1.82) is 0 Å². The zero-order valence-corrected chi connectivity index (χ0v) is 12.0.